The molecule has 0 heterocycles. The summed E-state index contributed by atoms with van der Waals surface area (Å²) in [5.74, 6) is -0.0347. The maximum Gasteiger partial charge on any atom is 0.175 e. The zero-order valence-corrected chi connectivity index (χ0v) is 12.8. The van der Waals surface area contributed by atoms with E-state index in [1.54, 1.807) is 6.07 Å². The van der Waals surface area contributed by atoms with Crippen LogP contribution in [0.15, 0.2) is 47.4 Å². The van der Waals surface area contributed by atoms with Gasteiger partial charge < -0.3 is 0 Å². The summed E-state index contributed by atoms with van der Waals surface area (Å²) in [6.45, 7) is 5.89. The zero-order chi connectivity index (χ0) is 14.7. The summed E-state index contributed by atoms with van der Waals surface area (Å²) in [5, 5.41) is 0. The Kier molecular flexibility index (Phi) is 4.50. The summed E-state index contributed by atoms with van der Waals surface area (Å²) in [6, 6.07) is 13.1. The van der Waals surface area contributed by atoms with E-state index in [1.165, 1.54) is 0 Å². The van der Waals surface area contributed by atoms with Gasteiger partial charge in [0.05, 0.1) is 16.6 Å². The first-order valence-electron chi connectivity index (χ1n) is 6.53. The molecular formula is C17H18O2S. The molecule has 104 valence electrons. The van der Waals surface area contributed by atoms with Crippen molar-refractivity contribution < 1.29 is 9.00 Å². The highest BCUT2D eigenvalue weighted by molar-refractivity contribution is 7.85. The molecule has 0 radical (unpaired) electrons. The maximum absolute atomic E-state index is 12.3. The first kappa shape index (κ1) is 14.7. The average Bonchev–Trinajstić information content (AvgIpc) is 2.42. The van der Waals surface area contributed by atoms with Crippen LogP contribution in [0.25, 0.3) is 0 Å². The van der Waals surface area contributed by atoms with Gasteiger partial charge in [-0.25, -0.2) is 0 Å². The number of aryl methyl sites for hydroxylation is 3. The normalized spacial score (nSPS) is 12.2. The molecule has 0 amide bonds. The molecule has 2 rings (SSSR count). The smallest absolute Gasteiger partial charge is 0.175 e. The van der Waals surface area contributed by atoms with Crippen LogP contribution in [-0.2, 0) is 10.8 Å². The Bertz CT molecular complexity index is 674. The molecule has 0 fully saturated rings. The molecule has 0 aliphatic rings. The SMILES string of the molecule is Cc1ccc(S(=O)CC(=O)c2ccccc2C)cc1C. The lowest BCUT2D eigenvalue weighted by Gasteiger charge is -2.07. The van der Waals surface area contributed by atoms with E-state index in [2.05, 4.69) is 0 Å². The molecule has 0 aliphatic carbocycles. The molecule has 1 unspecified atom stereocenters. The van der Waals surface area contributed by atoms with Crippen molar-refractivity contribution >= 4 is 16.6 Å². The van der Waals surface area contributed by atoms with Gasteiger partial charge in [-0.1, -0.05) is 30.3 Å². The van der Waals surface area contributed by atoms with Gasteiger partial charge in [0.25, 0.3) is 0 Å². The molecular weight excluding hydrogens is 268 g/mol. The summed E-state index contributed by atoms with van der Waals surface area (Å²) >= 11 is 0. The first-order valence-corrected chi connectivity index (χ1v) is 7.85. The van der Waals surface area contributed by atoms with E-state index in [0.29, 0.717) is 5.56 Å². The van der Waals surface area contributed by atoms with E-state index in [4.69, 9.17) is 0 Å². The van der Waals surface area contributed by atoms with Crippen LogP contribution >= 0.6 is 0 Å². The van der Waals surface area contributed by atoms with Crippen molar-refractivity contribution in [3.63, 3.8) is 0 Å². The highest BCUT2D eigenvalue weighted by Crippen LogP contribution is 2.15. The minimum Gasteiger partial charge on any atom is -0.293 e. The Labute approximate surface area is 122 Å². The van der Waals surface area contributed by atoms with Gasteiger partial charge in [0.2, 0.25) is 0 Å². The van der Waals surface area contributed by atoms with Crippen molar-refractivity contribution in [3.8, 4) is 0 Å². The van der Waals surface area contributed by atoms with Crippen molar-refractivity contribution in [2.75, 3.05) is 5.75 Å². The molecule has 0 aliphatic heterocycles. The maximum atomic E-state index is 12.3. The molecule has 0 aromatic heterocycles. The van der Waals surface area contributed by atoms with Crippen LogP contribution in [0.1, 0.15) is 27.0 Å². The molecule has 2 aromatic carbocycles. The number of rotatable bonds is 4. The standard InChI is InChI=1S/C17H18O2S/c1-12-8-9-15(10-14(12)3)20(19)11-17(18)16-7-5-4-6-13(16)2/h4-10H,11H2,1-3H3. The fourth-order valence-electron chi connectivity index (χ4n) is 2.02. The third-order valence-corrected chi connectivity index (χ3v) is 4.75. The highest BCUT2D eigenvalue weighted by Gasteiger charge is 2.14. The second-order valence-electron chi connectivity index (χ2n) is 4.97. The third-order valence-electron chi connectivity index (χ3n) is 3.45. The Morgan fingerprint density at radius 1 is 0.950 bits per heavy atom. The van der Waals surface area contributed by atoms with Crippen LogP contribution < -0.4 is 0 Å². The summed E-state index contributed by atoms with van der Waals surface area (Å²) in [4.78, 5) is 12.9. The zero-order valence-electron chi connectivity index (χ0n) is 12.0. The van der Waals surface area contributed by atoms with Crippen LogP contribution in [-0.4, -0.2) is 15.7 Å². The van der Waals surface area contributed by atoms with Crippen molar-refractivity contribution in [3.05, 3.63) is 64.7 Å². The first-order chi connectivity index (χ1) is 9.49. The van der Waals surface area contributed by atoms with E-state index in [1.807, 2.05) is 57.2 Å². The van der Waals surface area contributed by atoms with E-state index in [0.717, 1.165) is 21.6 Å². The lowest BCUT2D eigenvalue weighted by molar-refractivity contribution is 0.102. The summed E-state index contributed by atoms with van der Waals surface area (Å²) < 4.78 is 12.3. The summed E-state index contributed by atoms with van der Waals surface area (Å²) in [7, 11) is -1.29. The predicted molar refractivity (Wildman–Crippen MR) is 82.7 cm³/mol. The molecule has 3 heteroatoms. The van der Waals surface area contributed by atoms with Crippen molar-refractivity contribution in [2.45, 2.75) is 25.7 Å². The van der Waals surface area contributed by atoms with Crippen LogP contribution in [0.2, 0.25) is 0 Å². The number of Topliss-reactive ketones (excluding diaryl/α,β-unsaturated/α-hetero) is 1. The Hall–Kier alpha value is -1.74. The fraction of sp³-hybridized carbons (Fsp3) is 0.235. The lowest BCUT2D eigenvalue weighted by Crippen LogP contribution is -2.12. The molecule has 2 aromatic rings. The van der Waals surface area contributed by atoms with Gasteiger partial charge in [-0.05, 0) is 49.6 Å². The minimum absolute atomic E-state index is 0.0351. The highest BCUT2D eigenvalue weighted by atomic mass is 32.2. The van der Waals surface area contributed by atoms with Gasteiger partial charge >= 0.3 is 0 Å². The predicted octanol–water partition coefficient (Wildman–Crippen LogP) is 3.60. The Balaban J connectivity index is 2.17. The van der Waals surface area contributed by atoms with Gasteiger partial charge in [0.15, 0.2) is 5.78 Å². The van der Waals surface area contributed by atoms with Gasteiger partial charge in [0.1, 0.15) is 0 Å². The van der Waals surface area contributed by atoms with Crippen LogP contribution in [0, 0.1) is 20.8 Å². The van der Waals surface area contributed by atoms with Crippen molar-refractivity contribution in [1.29, 1.82) is 0 Å². The Morgan fingerprint density at radius 3 is 2.30 bits per heavy atom. The van der Waals surface area contributed by atoms with Crippen molar-refractivity contribution in [1.82, 2.24) is 0 Å². The summed E-state index contributed by atoms with van der Waals surface area (Å²) in [5.41, 5.74) is 3.84. The third kappa shape index (κ3) is 3.23. The number of carbonyl (C=O) groups is 1. The van der Waals surface area contributed by atoms with Crippen LogP contribution in [0.3, 0.4) is 0 Å². The number of hydrogen-bond donors (Lipinski definition) is 0. The number of benzene rings is 2. The van der Waals surface area contributed by atoms with Gasteiger partial charge in [0, 0.05) is 10.5 Å². The fourth-order valence-corrected chi connectivity index (χ4v) is 3.11. The molecule has 1 atom stereocenters. The van der Waals surface area contributed by atoms with E-state index in [9.17, 15) is 9.00 Å². The van der Waals surface area contributed by atoms with E-state index < -0.39 is 10.8 Å². The monoisotopic (exact) mass is 286 g/mol. The van der Waals surface area contributed by atoms with E-state index in [-0.39, 0.29) is 11.5 Å². The lowest BCUT2D eigenvalue weighted by atomic mass is 10.1. The largest absolute Gasteiger partial charge is 0.293 e. The van der Waals surface area contributed by atoms with Crippen molar-refractivity contribution in [2.24, 2.45) is 0 Å². The number of carbonyl (C=O) groups excluding carboxylic acids is 1. The molecule has 20 heavy (non-hydrogen) atoms. The molecule has 0 saturated heterocycles. The van der Waals surface area contributed by atoms with Crippen LogP contribution in [0.5, 0.6) is 0 Å². The molecule has 2 nitrogen and oxygen atoms in total. The quantitative estimate of drug-likeness (QED) is 0.805. The van der Waals surface area contributed by atoms with Gasteiger partial charge in [-0.2, -0.15) is 0 Å². The molecule has 0 saturated carbocycles. The van der Waals surface area contributed by atoms with Gasteiger partial charge in [-0.15, -0.1) is 0 Å². The second-order valence-corrected chi connectivity index (χ2v) is 6.43. The number of ketones is 1. The topological polar surface area (TPSA) is 34.1 Å². The molecule has 0 bridgehead atoms. The number of hydrogen-bond acceptors (Lipinski definition) is 2. The molecule has 0 N–H and O–H groups in total. The second kappa shape index (κ2) is 6.14. The summed E-state index contributed by atoms with van der Waals surface area (Å²) in [6.07, 6.45) is 0. The van der Waals surface area contributed by atoms with Crippen LogP contribution in [0.4, 0.5) is 0 Å². The van der Waals surface area contributed by atoms with Gasteiger partial charge in [-0.3, -0.25) is 9.00 Å². The van der Waals surface area contributed by atoms with E-state index >= 15 is 0 Å². The molecule has 0 spiro atoms. The Morgan fingerprint density at radius 2 is 1.65 bits per heavy atom. The average molecular weight is 286 g/mol. The minimum atomic E-state index is -1.29.